The number of alkyl halides is 3. The largest absolute Gasteiger partial charge is 0.398 e. The van der Waals surface area contributed by atoms with Crippen LogP contribution >= 0.6 is 0 Å². The molecule has 12 heavy (non-hydrogen) atoms. The molecule has 1 aliphatic rings. The molecule has 0 N–H and O–H groups in total. The normalized spacial score (nSPS) is 32.2. The summed E-state index contributed by atoms with van der Waals surface area (Å²) in [4.78, 5) is 11.1. The molecule has 0 saturated heterocycles. The molecular formula is C8H11F3O. The molecule has 1 saturated carbocycles. The van der Waals surface area contributed by atoms with Gasteiger partial charge in [0.1, 0.15) is 11.7 Å². The Balaban J connectivity index is 2.71. The van der Waals surface area contributed by atoms with Crippen LogP contribution in [0.3, 0.4) is 0 Å². The van der Waals surface area contributed by atoms with Gasteiger partial charge in [0.15, 0.2) is 0 Å². The first-order valence-corrected chi connectivity index (χ1v) is 4.03. The van der Waals surface area contributed by atoms with E-state index in [0.29, 0.717) is 12.8 Å². The van der Waals surface area contributed by atoms with Crippen molar-refractivity contribution in [3.63, 3.8) is 0 Å². The Morgan fingerprint density at radius 2 is 1.92 bits per heavy atom. The van der Waals surface area contributed by atoms with Gasteiger partial charge in [-0.15, -0.1) is 0 Å². The van der Waals surface area contributed by atoms with Gasteiger partial charge in [0.25, 0.3) is 0 Å². The number of carbonyl (C=O) groups is 1. The summed E-state index contributed by atoms with van der Waals surface area (Å²) in [6.45, 7) is 1.57. The van der Waals surface area contributed by atoms with Crippen LogP contribution in [0.5, 0.6) is 0 Å². The summed E-state index contributed by atoms with van der Waals surface area (Å²) in [5.41, 5.74) is 0. The fourth-order valence-corrected chi connectivity index (χ4v) is 1.58. The molecule has 2 atom stereocenters. The van der Waals surface area contributed by atoms with E-state index in [0.717, 1.165) is 0 Å². The summed E-state index contributed by atoms with van der Waals surface area (Å²) in [6, 6.07) is 0. The van der Waals surface area contributed by atoms with Crippen LogP contribution in [0.2, 0.25) is 0 Å². The highest BCUT2D eigenvalue weighted by molar-refractivity contribution is 5.84. The summed E-state index contributed by atoms with van der Waals surface area (Å²) < 4.78 is 36.4. The Morgan fingerprint density at radius 3 is 2.33 bits per heavy atom. The third kappa shape index (κ3) is 1.79. The second kappa shape index (κ2) is 3.07. The van der Waals surface area contributed by atoms with Gasteiger partial charge in [-0.1, -0.05) is 13.3 Å². The first-order valence-electron chi connectivity index (χ1n) is 4.03. The Morgan fingerprint density at radius 1 is 1.33 bits per heavy atom. The number of carbonyl (C=O) groups excluding carboxylic acids is 1. The van der Waals surface area contributed by atoms with E-state index in [9.17, 15) is 18.0 Å². The summed E-state index contributed by atoms with van der Waals surface area (Å²) in [5.74, 6) is -2.74. The van der Waals surface area contributed by atoms with Gasteiger partial charge >= 0.3 is 6.18 Å². The first kappa shape index (κ1) is 9.55. The van der Waals surface area contributed by atoms with Crippen LogP contribution in [0.25, 0.3) is 0 Å². The minimum absolute atomic E-state index is 0.0212. The van der Waals surface area contributed by atoms with E-state index >= 15 is 0 Å². The highest BCUT2D eigenvalue weighted by Gasteiger charge is 2.46. The number of Topliss-reactive ketones (excluding diaryl/α,β-unsaturated/α-hetero) is 1. The lowest BCUT2D eigenvalue weighted by Gasteiger charge is -2.26. The number of ketones is 1. The van der Waals surface area contributed by atoms with Gasteiger partial charge in [0.2, 0.25) is 0 Å². The van der Waals surface area contributed by atoms with Crippen LogP contribution in [0.1, 0.15) is 26.2 Å². The molecule has 0 amide bonds. The molecule has 0 aromatic carbocycles. The van der Waals surface area contributed by atoms with Crippen LogP contribution in [-0.4, -0.2) is 12.0 Å². The number of rotatable bonds is 0. The van der Waals surface area contributed by atoms with Crippen molar-refractivity contribution in [2.24, 2.45) is 11.8 Å². The molecule has 2 unspecified atom stereocenters. The van der Waals surface area contributed by atoms with Gasteiger partial charge in [-0.2, -0.15) is 13.2 Å². The van der Waals surface area contributed by atoms with E-state index in [2.05, 4.69) is 0 Å². The number of halogens is 3. The monoisotopic (exact) mass is 180 g/mol. The fraction of sp³-hybridized carbons (Fsp3) is 0.875. The van der Waals surface area contributed by atoms with Crippen molar-refractivity contribution in [2.75, 3.05) is 0 Å². The van der Waals surface area contributed by atoms with Crippen molar-refractivity contribution < 1.29 is 18.0 Å². The summed E-state index contributed by atoms with van der Waals surface area (Å²) >= 11 is 0. The van der Waals surface area contributed by atoms with Gasteiger partial charge < -0.3 is 0 Å². The number of hydrogen-bond acceptors (Lipinski definition) is 1. The maximum Gasteiger partial charge on any atom is 0.398 e. The van der Waals surface area contributed by atoms with E-state index in [1.165, 1.54) is 0 Å². The van der Waals surface area contributed by atoms with E-state index in [4.69, 9.17) is 0 Å². The van der Waals surface area contributed by atoms with Gasteiger partial charge in [-0.05, 0) is 12.8 Å². The average molecular weight is 180 g/mol. The maximum absolute atomic E-state index is 12.1. The van der Waals surface area contributed by atoms with Crippen LogP contribution in [0.15, 0.2) is 0 Å². The molecule has 0 radical (unpaired) electrons. The third-order valence-corrected chi connectivity index (χ3v) is 2.35. The molecule has 1 aliphatic carbocycles. The molecule has 0 heterocycles. The lowest BCUT2D eigenvalue weighted by Crippen LogP contribution is -2.37. The topological polar surface area (TPSA) is 17.1 Å². The number of hydrogen-bond donors (Lipinski definition) is 0. The molecule has 1 fully saturated rings. The Hall–Kier alpha value is -0.540. The minimum Gasteiger partial charge on any atom is -0.299 e. The highest BCUT2D eigenvalue weighted by atomic mass is 19.4. The molecular weight excluding hydrogens is 169 g/mol. The molecule has 0 aliphatic heterocycles. The summed E-state index contributed by atoms with van der Waals surface area (Å²) in [7, 11) is 0. The minimum atomic E-state index is -4.33. The molecule has 1 rings (SSSR count). The summed E-state index contributed by atoms with van der Waals surface area (Å²) in [6.07, 6.45) is -3.24. The fourth-order valence-electron chi connectivity index (χ4n) is 1.58. The van der Waals surface area contributed by atoms with Crippen LogP contribution in [-0.2, 0) is 4.79 Å². The van der Waals surface area contributed by atoms with Crippen molar-refractivity contribution in [3.05, 3.63) is 0 Å². The SMILES string of the molecule is CC1CCCC(C(F)(F)F)C1=O. The second-order valence-electron chi connectivity index (χ2n) is 3.33. The van der Waals surface area contributed by atoms with E-state index in [-0.39, 0.29) is 6.42 Å². The Bertz CT molecular complexity index is 185. The second-order valence-corrected chi connectivity index (χ2v) is 3.33. The first-order chi connectivity index (χ1) is 5.43. The zero-order valence-electron chi connectivity index (χ0n) is 6.82. The Labute approximate surface area is 68.9 Å². The molecule has 0 aromatic rings. The molecule has 0 bridgehead atoms. The lowest BCUT2D eigenvalue weighted by molar-refractivity contribution is -0.188. The zero-order valence-corrected chi connectivity index (χ0v) is 6.82. The van der Waals surface area contributed by atoms with Gasteiger partial charge in [-0.25, -0.2) is 0 Å². The van der Waals surface area contributed by atoms with Crippen molar-refractivity contribution >= 4 is 5.78 Å². The zero-order chi connectivity index (χ0) is 9.35. The molecule has 0 aromatic heterocycles. The quantitative estimate of drug-likeness (QED) is 0.559. The molecule has 0 spiro atoms. The van der Waals surface area contributed by atoms with Crippen molar-refractivity contribution in [2.45, 2.75) is 32.4 Å². The highest BCUT2D eigenvalue weighted by Crippen LogP contribution is 2.37. The maximum atomic E-state index is 12.1. The van der Waals surface area contributed by atoms with Crippen molar-refractivity contribution in [1.82, 2.24) is 0 Å². The average Bonchev–Trinajstić information content (AvgIpc) is 1.92. The van der Waals surface area contributed by atoms with Gasteiger partial charge in [0, 0.05) is 5.92 Å². The van der Waals surface area contributed by atoms with Crippen LogP contribution < -0.4 is 0 Å². The summed E-state index contributed by atoms with van der Waals surface area (Å²) in [5, 5.41) is 0. The molecule has 70 valence electrons. The molecule has 4 heteroatoms. The Kier molecular flexibility index (Phi) is 2.44. The predicted molar refractivity (Wildman–Crippen MR) is 37.6 cm³/mol. The standard InChI is InChI=1S/C8H11F3O/c1-5-3-2-4-6(7(5)12)8(9,10)11/h5-6H,2-4H2,1H3. The van der Waals surface area contributed by atoms with E-state index in [1.807, 2.05) is 0 Å². The smallest absolute Gasteiger partial charge is 0.299 e. The van der Waals surface area contributed by atoms with E-state index in [1.54, 1.807) is 6.92 Å². The van der Waals surface area contributed by atoms with Crippen LogP contribution in [0, 0.1) is 11.8 Å². The lowest BCUT2D eigenvalue weighted by atomic mass is 9.81. The third-order valence-electron chi connectivity index (χ3n) is 2.35. The van der Waals surface area contributed by atoms with Crippen molar-refractivity contribution in [1.29, 1.82) is 0 Å². The van der Waals surface area contributed by atoms with Gasteiger partial charge in [0.05, 0.1) is 0 Å². The molecule has 1 nitrogen and oxygen atoms in total. The van der Waals surface area contributed by atoms with E-state index < -0.39 is 23.8 Å². The van der Waals surface area contributed by atoms with Crippen molar-refractivity contribution in [3.8, 4) is 0 Å². The van der Waals surface area contributed by atoms with Crippen LogP contribution in [0.4, 0.5) is 13.2 Å². The van der Waals surface area contributed by atoms with Gasteiger partial charge in [-0.3, -0.25) is 4.79 Å². The predicted octanol–water partition coefficient (Wildman–Crippen LogP) is 2.55.